The summed E-state index contributed by atoms with van der Waals surface area (Å²) in [6.07, 6.45) is -0.177. The lowest BCUT2D eigenvalue weighted by Gasteiger charge is -2.19. The Bertz CT molecular complexity index is 542. The summed E-state index contributed by atoms with van der Waals surface area (Å²) in [7, 11) is 0. The molecular formula is C16H18BrNO2. The first-order chi connectivity index (χ1) is 9.74. The third-order valence-electron chi connectivity index (χ3n) is 2.88. The van der Waals surface area contributed by atoms with Gasteiger partial charge in [0.05, 0.1) is 6.61 Å². The quantitative estimate of drug-likeness (QED) is 0.869. The predicted octanol–water partition coefficient (Wildman–Crippen LogP) is 3.93. The largest absolute Gasteiger partial charge is 0.494 e. The summed E-state index contributed by atoms with van der Waals surface area (Å²) in [4.78, 5) is 0. The van der Waals surface area contributed by atoms with E-state index in [0.717, 1.165) is 21.5 Å². The predicted molar refractivity (Wildman–Crippen MR) is 84.2 cm³/mol. The fourth-order valence-corrected chi connectivity index (χ4v) is 2.46. The molecule has 2 aromatic rings. The molecule has 2 rings (SSSR count). The minimum Gasteiger partial charge on any atom is -0.494 e. The summed E-state index contributed by atoms with van der Waals surface area (Å²) in [5, 5.41) is 0. The van der Waals surface area contributed by atoms with Gasteiger partial charge in [-0.25, -0.2) is 0 Å². The maximum atomic E-state index is 5.95. The molecule has 1 atom stereocenters. The van der Waals surface area contributed by atoms with Crippen molar-refractivity contribution >= 4 is 15.9 Å². The van der Waals surface area contributed by atoms with Crippen LogP contribution in [0.3, 0.4) is 0 Å². The van der Waals surface area contributed by atoms with Crippen molar-refractivity contribution in [3.63, 3.8) is 0 Å². The maximum Gasteiger partial charge on any atom is 0.137 e. The Morgan fingerprint density at radius 3 is 2.30 bits per heavy atom. The van der Waals surface area contributed by atoms with E-state index in [1.807, 2.05) is 55.5 Å². The van der Waals surface area contributed by atoms with Gasteiger partial charge in [0, 0.05) is 16.6 Å². The smallest absolute Gasteiger partial charge is 0.137 e. The van der Waals surface area contributed by atoms with Crippen molar-refractivity contribution in [1.29, 1.82) is 0 Å². The Balaban J connectivity index is 2.12. The molecular weight excluding hydrogens is 318 g/mol. The maximum absolute atomic E-state index is 5.95. The molecule has 0 aliphatic heterocycles. The summed E-state index contributed by atoms with van der Waals surface area (Å²) >= 11 is 3.53. The standard InChI is InChI=1S/C16H18BrNO2/c1-2-19-12-7-9-13(10-8-12)20-16(11-18)14-5-3-4-6-15(14)17/h3-10,16H,2,11,18H2,1H3. The SMILES string of the molecule is CCOc1ccc(OC(CN)c2ccccc2Br)cc1. The van der Waals surface area contributed by atoms with E-state index in [1.165, 1.54) is 0 Å². The second kappa shape index (κ2) is 7.31. The zero-order valence-electron chi connectivity index (χ0n) is 11.4. The van der Waals surface area contributed by atoms with Crippen molar-refractivity contribution in [1.82, 2.24) is 0 Å². The first kappa shape index (κ1) is 14.9. The van der Waals surface area contributed by atoms with E-state index in [9.17, 15) is 0 Å². The minimum atomic E-state index is -0.177. The molecule has 106 valence electrons. The van der Waals surface area contributed by atoms with Crippen LogP contribution in [0, 0.1) is 0 Å². The van der Waals surface area contributed by atoms with E-state index in [4.69, 9.17) is 15.2 Å². The molecule has 0 saturated heterocycles. The highest BCUT2D eigenvalue weighted by Crippen LogP contribution is 2.28. The molecule has 2 N–H and O–H groups in total. The van der Waals surface area contributed by atoms with Crippen LogP contribution in [0.15, 0.2) is 53.0 Å². The highest BCUT2D eigenvalue weighted by Gasteiger charge is 2.14. The Kier molecular flexibility index (Phi) is 5.44. The number of halogens is 1. The lowest BCUT2D eigenvalue weighted by molar-refractivity contribution is 0.213. The summed E-state index contributed by atoms with van der Waals surface area (Å²) in [6, 6.07) is 15.5. The fourth-order valence-electron chi connectivity index (χ4n) is 1.92. The number of hydrogen-bond acceptors (Lipinski definition) is 3. The first-order valence-electron chi connectivity index (χ1n) is 6.58. The molecule has 0 aromatic heterocycles. The second-order valence-corrected chi connectivity index (χ2v) is 5.12. The van der Waals surface area contributed by atoms with Gasteiger partial charge in [0.25, 0.3) is 0 Å². The Hall–Kier alpha value is -1.52. The second-order valence-electron chi connectivity index (χ2n) is 4.27. The Labute approximate surface area is 127 Å². The van der Waals surface area contributed by atoms with Crippen molar-refractivity contribution in [2.24, 2.45) is 5.73 Å². The number of ether oxygens (including phenoxy) is 2. The van der Waals surface area contributed by atoms with Crippen LogP contribution in [0.1, 0.15) is 18.6 Å². The average Bonchev–Trinajstić information content (AvgIpc) is 2.48. The molecule has 0 aliphatic carbocycles. The molecule has 0 bridgehead atoms. The number of benzene rings is 2. The van der Waals surface area contributed by atoms with Crippen molar-refractivity contribution in [3.05, 3.63) is 58.6 Å². The third-order valence-corrected chi connectivity index (χ3v) is 3.60. The molecule has 0 saturated carbocycles. The van der Waals surface area contributed by atoms with Crippen LogP contribution >= 0.6 is 15.9 Å². The van der Waals surface area contributed by atoms with Gasteiger partial charge in [0.15, 0.2) is 0 Å². The van der Waals surface area contributed by atoms with Gasteiger partial charge in [0.2, 0.25) is 0 Å². The highest BCUT2D eigenvalue weighted by molar-refractivity contribution is 9.10. The van der Waals surface area contributed by atoms with Gasteiger partial charge in [-0.05, 0) is 37.3 Å². The van der Waals surface area contributed by atoms with Gasteiger partial charge >= 0.3 is 0 Å². The Morgan fingerprint density at radius 2 is 1.70 bits per heavy atom. The van der Waals surface area contributed by atoms with Crippen molar-refractivity contribution < 1.29 is 9.47 Å². The average molecular weight is 336 g/mol. The number of hydrogen-bond donors (Lipinski definition) is 1. The van der Waals surface area contributed by atoms with E-state index in [1.54, 1.807) is 0 Å². The minimum absolute atomic E-state index is 0.177. The van der Waals surface area contributed by atoms with Gasteiger partial charge in [0.1, 0.15) is 17.6 Å². The molecule has 2 aromatic carbocycles. The van der Waals surface area contributed by atoms with Crippen LogP contribution in [-0.2, 0) is 0 Å². The van der Waals surface area contributed by atoms with Crippen LogP contribution in [-0.4, -0.2) is 13.2 Å². The summed E-state index contributed by atoms with van der Waals surface area (Å²) < 4.78 is 12.4. The third kappa shape index (κ3) is 3.74. The summed E-state index contributed by atoms with van der Waals surface area (Å²) in [5.74, 6) is 1.62. The van der Waals surface area contributed by atoms with Crippen molar-refractivity contribution in [2.45, 2.75) is 13.0 Å². The van der Waals surface area contributed by atoms with E-state index in [-0.39, 0.29) is 6.10 Å². The monoisotopic (exact) mass is 335 g/mol. The highest BCUT2D eigenvalue weighted by atomic mass is 79.9. The van der Waals surface area contributed by atoms with E-state index in [0.29, 0.717) is 13.2 Å². The first-order valence-corrected chi connectivity index (χ1v) is 7.38. The van der Waals surface area contributed by atoms with E-state index < -0.39 is 0 Å². The fraction of sp³-hybridized carbons (Fsp3) is 0.250. The van der Waals surface area contributed by atoms with Crippen LogP contribution < -0.4 is 15.2 Å². The Morgan fingerprint density at radius 1 is 1.05 bits per heavy atom. The molecule has 1 unspecified atom stereocenters. The molecule has 0 aliphatic rings. The van der Waals surface area contributed by atoms with Gasteiger partial charge < -0.3 is 15.2 Å². The molecule has 20 heavy (non-hydrogen) atoms. The molecule has 3 nitrogen and oxygen atoms in total. The molecule has 0 spiro atoms. The number of rotatable bonds is 6. The van der Waals surface area contributed by atoms with E-state index in [2.05, 4.69) is 15.9 Å². The molecule has 0 fully saturated rings. The van der Waals surface area contributed by atoms with Crippen molar-refractivity contribution in [2.75, 3.05) is 13.2 Å². The molecule has 0 radical (unpaired) electrons. The van der Waals surface area contributed by atoms with E-state index >= 15 is 0 Å². The van der Waals surface area contributed by atoms with Crippen LogP contribution in [0.4, 0.5) is 0 Å². The van der Waals surface area contributed by atoms with Gasteiger partial charge in [-0.15, -0.1) is 0 Å². The van der Waals surface area contributed by atoms with Gasteiger partial charge in [-0.2, -0.15) is 0 Å². The molecule has 0 heterocycles. The van der Waals surface area contributed by atoms with Gasteiger partial charge in [-0.1, -0.05) is 34.1 Å². The number of nitrogens with two attached hydrogens (primary N) is 1. The normalized spacial score (nSPS) is 11.9. The summed E-state index contributed by atoms with van der Waals surface area (Å²) in [6.45, 7) is 3.03. The van der Waals surface area contributed by atoms with Crippen LogP contribution in [0.2, 0.25) is 0 Å². The van der Waals surface area contributed by atoms with Crippen LogP contribution in [0.5, 0.6) is 11.5 Å². The zero-order chi connectivity index (χ0) is 14.4. The lowest BCUT2D eigenvalue weighted by atomic mass is 10.1. The van der Waals surface area contributed by atoms with Crippen molar-refractivity contribution in [3.8, 4) is 11.5 Å². The lowest BCUT2D eigenvalue weighted by Crippen LogP contribution is -2.18. The summed E-state index contributed by atoms with van der Waals surface area (Å²) in [5.41, 5.74) is 6.87. The molecule has 0 amide bonds. The molecule has 4 heteroatoms. The topological polar surface area (TPSA) is 44.5 Å². The van der Waals surface area contributed by atoms with Gasteiger partial charge in [-0.3, -0.25) is 0 Å². The zero-order valence-corrected chi connectivity index (χ0v) is 13.0. The van der Waals surface area contributed by atoms with Crippen LogP contribution in [0.25, 0.3) is 0 Å².